The molecule has 0 radical (unpaired) electrons. The topological polar surface area (TPSA) is 37.8 Å². The first-order valence-electron chi connectivity index (χ1n) is 6.96. The Morgan fingerprint density at radius 2 is 2.00 bits per heavy atom. The minimum Gasteiger partial charge on any atom is -0.367 e. The molecule has 2 aromatic heterocycles. The Labute approximate surface area is 133 Å². The van der Waals surface area contributed by atoms with Crippen LogP contribution in [0.1, 0.15) is 20.3 Å². The van der Waals surface area contributed by atoms with Gasteiger partial charge in [0.15, 0.2) is 0 Å². The van der Waals surface area contributed by atoms with Gasteiger partial charge in [0, 0.05) is 10.9 Å². The molecule has 108 valence electrons. The normalized spacial score (nSPS) is 12.5. The fourth-order valence-electron chi connectivity index (χ4n) is 2.09. The van der Waals surface area contributed by atoms with Gasteiger partial charge in [-0.25, -0.2) is 9.97 Å². The molecule has 0 saturated carbocycles. The number of nitrogens with one attached hydrogen (secondary N) is 1. The maximum absolute atomic E-state index is 6.05. The third-order valence-electron chi connectivity index (χ3n) is 3.42. The summed E-state index contributed by atoms with van der Waals surface area (Å²) in [6.45, 7) is 4.27. The first kappa shape index (κ1) is 14.3. The predicted octanol–water partition coefficient (Wildman–Crippen LogP) is 5.22. The first-order chi connectivity index (χ1) is 10.2. The van der Waals surface area contributed by atoms with E-state index in [9.17, 15) is 0 Å². The van der Waals surface area contributed by atoms with Gasteiger partial charge in [-0.15, -0.1) is 11.3 Å². The fraction of sp³-hybridized carbons (Fsp3) is 0.250. The molecule has 0 fully saturated rings. The summed E-state index contributed by atoms with van der Waals surface area (Å²) in [6, 6.07) is 12.8. The van der Waals surface area contributed by atoms with E-state index in [2.05, 4.69) is 47.3 Å². The Morgan fingerprint density at radius 1 is 1.24 bits per heavy atom. The van der Waals surface area contributed by atoms with Gasteiger partial charge in [-0.05, 0) is 36.6 Å². The van der Waals surface area contributed by atoms with Crippen LogP contribution in [0.15, 0.2) is 36.4 Å². The Bertz CT molecular complexity index is 755. The third-order valence-corrected chi connectivity index (χ3v) is 4.67. The average molecular weight is 318 g/mol. The molecule has 0 saturated heterocycles. The Balaban J connectivity index is 2.10. The minimum atomic E-state index is 0.287. The maximum atomic E-state index is 6.05. The summed E-state index contributed by atoms with van der Waals surface area (Å²) in [5.41, 5.74) is 1.19. The van der Waals surface area contributed by atoms with Crippen LogP contribution in [0.4, 0.5) is 5.82 Å². The van der Waals surface area contributed by atoms with E-state index in [4.69, 9.17) is 11.6 Å². The van der Waals surface area contributed by atoms with Gasteiger partial charge in [0.1, 0.15) is 10.6 Å². The highest BCUT2D eigenvalue weighted by Gasteiger charge is 2.13. The number of hydrogen-bond acceptors (Lipinski definition) is 4. The second-order valence-corrected chi connectivity index (χ2v) is 6.36. The van der Waals surface area contributed by atoms with Crippen LogP contribution in [0.2, 0.25) is 5.28 Å². The van der Waals surface area contributed by atoms with Crippen LogP contribution in [0.5, 0.6) is 0 Å². The lowest BCUT2D eigenvalue weighted by Crippen LogP contribution is -2.14. The van der Waals surface area contributed by atoms with Crippen molar-refractivity contribution in [1.29, 1.82) is 0 Å². The highest BCUT2D eigenvalue weighted by molar-refractivity contribution is 7.22. The molecule has 1 atom stereocenters. The molecule has 0 aliphatic rings. The van der Waals surface area contributed by atoms with Crippen LogP contribution in [0.3, 0.4) is 0 Å². The van der Waals surface area contributed by atoms with E-state index in [-0.39, 0.29) is 5.28 Å². The summed E-state index contributed by atoms with van der Waals surface area (Å²) in [5.74, 6) is 0.817. The van der Waals surface area contributed by atoms with Crippen molar-refractivity contribution in [2.45, 2.75) is 26.3 Å². The lowest BCUT2D eigenvalue weighted by atomic mass is 10.2. The van der Waals surface area contributed by atoms with Crippen molar-refractivity contribution in [1.82, 2.24) is 9.97 Å². The van der Waals surface area contributed by atoms with Crippen molar-refractivity contribution in [3.8, 4) is 10.4 Å². The van der Waals surface area contributed by atoms with Crippen molar-refractivity contribution in [2.75, 3.05) is 5.32 Å². The number of benzene rings is 1. The predicted molar refractivity (Wildman–Crippen MR) is 91.2 cm³/mol. The van der Waals surface area contributed by atoms with E-state index >= 15 is 0 Å². The molecule has 1 N–H and O–H groups in total. The molecule has 3 aromatic rings. The lowest BCUT2D eigenvalue weighted by Gasteiger charge is -2.12. The van der Waals surface area contributed by atoms with E-state index in [1.165, 1.54) is 10.4 Å². The smallest absolute Gasteiger partial charge is 0.225 e. The molecule has 3 rings (SSSR count). The molecular weight excluding hydrogens is 302 g/mol. The number of fused-ring (bicyclic) bond motifs is 1. The molecule has 0 amide bonds. The molecule has 0 bridgehead atoms. The molecule has 0 aliphatic heterocycles. The number of thiophene rings is 1. The van der Waals surface area contributed by atoms with Crippen molar-refractivity contribution in [2.24, 2.45) is 0 Å². The Morgan fingerprint density at radius 3 is 2.71 bits per heavy atom. The van der Waals surface area contributed by atoms with E-state index in [1.54, 1.807) is 11.3 Å². The maximum Gasteiger partial charge on any atom is 0.225 e. The zero-order chi connectivity index (χ0) is 14.8. The second-order valence-electron chi connectivity index (χ2n) is 4.99. The van der Waals surface area contributed by atoms with Gasteiger partial charge in [0.05, 0.1) is 5.39 Å². The summed E-state index contributed by atoms with van der Waals surface area (Å²) < 4.78 is 0. The van der Waals surface area contributed by atoms with Crippen LogP contribution >= 0.6 is 22.9 Å². The van der Waals surface area contributed by atoms with Crippen molar-refractivity contribution >= 4 is 39.0 Å². The van der Waals surface area contributed by atoms with Gasteiger partial charge in [0.25, 0.3) is 0 Å². The minimum absolute atomic E-state index is 0.287. The summed E-state index contributed by atoms with van der Waals surface area (Å²) in [4.78, 5) is 10.8. The first-order valence-corrected chi connectivity index (χ1v) is 8.16. The highest BCUT2D eigenvalue weighted by atomic mass is 35.5. The monoisotopic (exact) mass is 317 g/mol. The van der Waals surface area contributed by atoms with E-state index in [0.29, 0.717) is 6.04 Å². The molecule has 1 unspecified atom stereocenters. The largest absolute Gasteiger partial charge is 0.367 e. The Hall–Kier alpha value is -1.65. The Kier molecular flexibility index (Phi) is 4.08. The summed E-state index contributed by atoms with van der Waals surface area (Å²) in [6.07, 6.45) is 1.03. The van der Waals surface area contributed by atoms with Gasteiger partial charge in [-0.2, -0.15) is 0 Å². The van der Waals surface area contributed by atoms with Gasteiger partial charge in [-0.1, -0.05) is 37.3 Å². The number of anilines is 1. The second kappa shape index (κ2) is 6.00. The van der Waals surface area contributed by atoms with Crippen LogP contribution in [0.25, 0.3) is 20.7 Å². The van der Waals surface area contributed by atoms with Crippen molar-refractivity contribution in [3.63, 3.8) is 0 Å². The van der Waals surface area contributed by atoms with Gasteiger partial charge in [0.2, 0.25) is 5.28 Å². The number of nitrogens with zero attached hydrogens (tertiary/aromatic N) is 2. The van der Waals surface area contributed by atoms with Crippen LogP contribution in [0, 0.1) is 0 Å². The van der Waals surface area contributed by atoms with Gasteiger partial charge >= 0.3 is 0 Å². The van der Waals surface area contributed by atoms with Gasteiger partial charge in [-0.3, -0.25) is 0 Å². The van der Waals surface area contributed by atoms with Crippen LogP contribution in [-0.2, 0) is 0 Å². The lowest BCUT2D eigenvalue weighted by molar-refractivity contribution is 0.760. The van der Waals surface area contributed by atoms with E-state index in [0.717, 1.165) is 22.5 Å². The SMILES string of the molecule is CCC(C)Nc1nc(Cl)nc2sc(-c3ccccc3)cc12. The van der Waals surface area contributed by atoms with Crippen molar-refractivity contribution < 1.29 is 0 Å². The molecule has 0 aliphatic carbocycles. The zero-order valence-corrected chi connectivity index (χ0v) is 13.5. The number of aromatic nitrogens is 2. The molecule has 2 heterocycles. The van der Waals surface area contributed by atoms with Crippen LogP contribution < -0.4 is 5.32 Å². The van der Waals surface area contributed by atoms with E-state index < -0.39 is 0 Å². The third kappa shape index (κ3) is 3.01. The molecular formula is C16H16ClN3S. The van der Waals surface area contributed by atoms with Crippen LogP contribution in [-0.4, -0.2) is 16.0 Å². The fourth-order valence-corrected chi connectivity index (χ4v) is 3.34. The molecule has 1 aromatic carbocycles. The molecule has 0 spiro atoms. The number of hydrogen-bond donors (Lipinski definition) is 1. The number of halogens is 1. The van der Waals surface area contributed by atoms with E-state index in [1.807, 2.05) is 18.2 Å². The highest BCUT2D eigenvalue weighted by Crippen LogP contribution is 2.36. The molecule has 5 heteroatoms. The summed E-state index contributed by atoms with van der Waals surface area (Å²) >= 11 is 7.69. The van der Waals surface area contributed by atoms with Crippen molar-refractivity contribution in [3.05, 3.63) is 41.7 Å². The standard InChI is InChI=1S/C16H16ClN3S/c1-3-10(2)18-14-12-9-13(11-7-5-4-6-8-11)21-15(12)20-16(17)19-14/h4-10H,3H2,1-2H3,(H,18,19,20). The zero-order valence-electron chi connectivity index (χ0n) is 11.9. The summed E-state index contributed by atoms with van der Waals surface area (Å²) in [5, 5.41) is 4.73. The number of rotatable bonds is 4. The average Bonchev–Trinajstić information content (AvgIpc) is 2.92. The summed E-state index contributed by atoms with van der Waals surface area (Å²) in [7, 11) is 0. The quantitative estimate of drug-likeness (QED) is 0.670. The molecule has 21 heavy (non-hydrogen) atoms. The molecule has 3 nitrogen and oxygen atoms in total. The van der Waals surface area contributed by atoms with Gasteiger partial charge < -0.3 is 5.32 Å².